The molecule has 1 N–H and O–H groups in total. The Balaban J connectivity index is 2.35. The molecule has 0 saturated heterocycles. The fourth-order valence-electron chi connectivity index (χ4n) is 1.18. The van der Waals surface area contributed by atoms with Gasteiger partial charge in [0.1, 0.15) is 9.32 Å². The molecule has 1 aromatic carbocycles. The summed E-state index contributed by atoms with van der Waals surface area (Å²) in [6, 6.07) is 8.66. The van der Waals surface area contributed by atoms with Gasteiger partial charge in [-0.25, -0.2) is 4.98 Å². The van der Waals surface area contributed by atoms with Crippen molar-refractivity contribution in [2.75, 3.05) is 0 Å². The molecule has 0 amide bonds. The van der Waals surface area contributed by atoms with Crippen LogP contribution in [0, 0.1) is 14.9 Å². The third kappa shape index (κ3) is 2.62. The van der Waals surface area contributed by atoms with Crippen molar-refractivity contribution in [1.29, 1.82) is 5.26 Å². The lowest BCUT2D eigenvalue weighted by atomic mass is 10.2. The van der Waals surface area contributed by atoms with Crippen molar-refractivity contribution in [3.63, 3.8) is 0 Å². The number of halogens is 1. The Labute approximate surface area is 110 Å². The molecule has 0 unspecified atom stereocenters. The summed E-state index contributed by atoms with van der Waals surface area (Å²) in [7, 11) is 0. The highest BCUT2D eigenvalue weighted by molar-refractivity contribution is 14.1. The Bertz CT molecular complexity index is 646. The molecule has 1 aromatic heterocycles. The van der Waals surface area contributed by atoms with Gasteiger partial charge in [-0.05, 0) is 40.8 Å². The number of aromatic nitrogens is 2. The zero-order valence-electron chi connectivity index (χ0n) is 8.48. The predicted molar refractivity (Wildman–Crippen MR) is 68.8 cm³/mol. The Hall–Kier alpha value is -1.88. The number of rotatable bonds is 2. The first kappa shape index (κ1) is 11.6. The first-order chi connectivity index (χ1) is 8.20. The van der Waals surface area contributed by atoms with Gasteiger partial charge in [-0.2, -0.15) is 5.26 Å². The monoisotopic (exact) mass is 339 g/mol. The van der Waals surface area contributed by atoms with Gasteiger partial charge in [0.05, 0.1) is 18.0 Å². The molecule has 2 aromatic rings. The Morgan fingerprint density at radius 1 is 1.47 bits per heavy atom. The summed E-state index contributed by atoms with van der Waals surface area (Å²) in [6.07, 6.45) is 1.27. The fraction of sp³-hybridized carbons (Fsp3) is 0. The second kappa shape index (κ2) is 4.97. The zero-order valence-corrected chi connectivity index (χ0v) is 10.6. The minimum absolute atomic E-state index is 0.226. The molecule has 0 aliphatic heterocycles. The highest BCUT2D eigenvalue weighted by Crippen LogP contribution is 2.22. The summed E-state index contributed by atoms with van der Waals surface area (Å²) < 4.78 is 5.81. The Kier molecular flexibility index (Phi) is 3.39. The number of nitrogens with zero attached hydrogens (tertiary/aromatic N) is 2. The molecule has 0 radical (unpaired) electrons. The van der Waals surface area contributed by atoms with E-state index in [1.807, 2.05) is 28.7 Å². The number of hydrogen-bond donors (Lipinski definition) is 1. The second-order valence-electron chi connectivity index (χ2n) is 3.09. The molecule has 0 saturated carbocycles. The second-order valence-corrected chi connectivity index (χ2v) is 4.17. The van der Waals surface area contributed by atoms with E-state index in [1.54, 1.807) is 24.3 Å². The van der Waals surface area contributed by atoms with Crippen molar-refractivity contribution in [3.05, 3.63) is 50.1 Å². The Morgan fingerprint density at radius 3 is 3.06 bits per heavy atom. The summed E-state index contributed by atoms with van der Waals surface area (Å²) in [4.78, 5) is 17.7. The van der Waals surface area contributed by atoms with Crippen molar-refractivity contribution < 1.29 is 4.74 Å². The van der Waals surface area contributed by atoms with Crippen molar-refractivity contribution >= 4 is 22.6 Å². The molecular formula is C11H6IN3O2. The van der Waals surface area contributed by atoms with Gasteiger partial charge < -0.3 is 9.72 Å². The molecule has 0 bridgehead atoms. The molecule has 1 heterocycles. The van der Waals surface area contributed by atoms with Crippen molar-refractivity contribution in [2.45, 2.75) is 0 Å². The van der Waals surface area contributed by atoms with Crippen LogP contribution in [-0.2, 0) is 0 Å². The minimum Gasteiger partial charge on any atom is -0.438 e. The van der Waals surface area contributed by atoms with Crippen LogP contribution >= 0.6 is 22.6 Å². The third-order valence-corrected chi connectivity index (χ3v) is 2.89. The molecule has 0 aliphatic rings. The molecule has 84 valence electrons. The van der Waals surface area contributed by atoms with Gasteiger partial charge in [-0.1, -0.05) is 6.07 Å². The summed E-state index contributed by atoms with van der Waals surface area (Å²) in [6.45, 7) is 0. The third-order valence-electron chi connectivity index (χ3n) is 1.94. The van der Waals surface area contributed by atoms with Crippen LogP contribution in [0.1, 0.15) is 5.56 Å². The minimum atomic E-state index is -0.257. The number of aromatic amines is 1. The largest absolute Gasteiger partial charge is 0.438 e. The molecular weight excluding hydrogens is 333 g/mol. The molecule has 0 spiro atoms. The van der Waals surface area contributed by atoms with E-state index in [0.717, 1.165) is 0 Å². The van der Waals surface area contributed by atoms with Crippen LogP contribution in [-0.4, -0.2) is 9.97 Å². The number of benzene rings is 1. The van der Waals surface area contributed by atoms with E-state index >= 15 is 0 Å². The first-order valence-electron chi connectivity index (χ1n) is 4.62. The number of ether oxygens (including phenoxy) is 1. The van der Waals surface area contributed by atoms with Gasteiger partial charge in [0.25, 0.3) is 5.56 Å². The van der Waals surface area contributed by atoms with Gasteiger partial charge in [-0.3, -0.25) is 4.79 Å². The van der Waals surface area contributed by atoms with Crippen LogP contribution in [0.2, 0.25) is 0 Å². The van der Waals surface area contributed by atoms with Gasteiger partial charge >= 0.3 is 0 Å². The van der Waals surface area contributed by atoms with Crippen LogP contribution < -0.4 is 10.3 Å². The SMILES string of the molecule is N#Cc1cccc(Oc2nc[nH]c(=O)c2I)c1. The van der Waals surface area contributed by atoms with Crippen LogP contribution in [0.5, 0.6) is 11.6 Å². The van der Waals surface area contributed by atoms with Crippen molar-refractivity contribution in [2.24, 2.45) is 0 Å². The number of nitrogens with one attached hydrogen (secondary N) is 1. The molecule has 0 atom stereocenters. The molecule has 5 nitrogen and oxygen atoms in total. The van der Waals surface area contributed by atoms with E-state index < -0.39 is 0 Å². The van der Waals surface area contributed by atoms with Crippen molar-refractivity contribution in [1.82, 2.24) is 9.97 Å². The van der Waals surface area contributed by atoms with Gasteiger partial charge in [-0.15, -0.1) is 0 Å². The normalized spacial score (nSPS) is 9.65. The summed E-state index contributed by atoms with van der Waals surface area (Å²) in [5.74, 6) is 0.699. The van der Waals surface area contributed by atoms with Crippen LogP contribution in [0.3, 0.4) is 0 Å². The first-order valence-corrected chi connectivity index (χ1v) is 5.70. The lowest BCUT2D eigenvalue weighted by Gasteiger charge is -2.05. The molecule has 0 aliphatic carbocycles. The van der Waals surface area contributed by atoms with E-state index in [-0.39, 0.29) is 11.4 Å². The standard InChI is InChI=1S/C11H6IN3O2/c12-9-10(16)14-6-15-11(9)17-8-3-1-2-7(4-8)5-13/h1-4,6H,(H,14,15,16). The van der Waals surface area contributed by atoms with E-state index in [4.69, 9.17) is 10.00 Å². The van der Waals surface area contributed by atoms with Gasteiger partial charge in [0.2, 0.25) is 5.88 Å². The lowest BCUT2D eigenvalue weighted by molar-refractivity contribution is 0.456. The average Bonchev–Trinajstić information content (AvgIpc) is 2.35. The number of hydrogen-bond acceptors (Lipinski definition) is 4. The molecule has 2 rings (SSSR count). The van der Waals surface area contributed by atoms with Crippen molar-refractivity contribution in [3.8, 4) is 17.7 Å². The lowest BCUT2D eigenvalue weighted by Crippen LogP contribution is -2.11. The van der Waals surface area contributed by atoms with E-state index in [0.29, 0.717) is 14.9 Å². The average molecular weight is 339 g/mol. The molecule has 6 heteroatoms. The van der Waals surface area contributed by atoms with Crippen LogP contribution in [0.25, 0.3) is 0 Å². The topological polar surface area (TPSA) is 78.8 Å². The van der Waals surface area contributed by atoms with Gasteiger partial charge in [0.15, 0.2) is 0 Å². The van der Waals surface area contributed by atoms with Crippen LogP contribution in [0.4, 0.5) is 0 Å². The van der Waals surface area contributed by atoms with Gasteiger partial charge in [0, 0.05) is 0 Å². The number of H-pyrrole nitrogens is 1. The maximum Gasteiger partial charge on any atom is 0.268 e. The zero-order chi connectivity index (χ0) is 12.3. The summed E-state index contributed by atoms with van der Waals surface area (Å²) >= 11 is 1.85. The summed E-state index contributed by atoms with van der Waals surface area (Å²) in [5, 5.41) is 8.75. The maximum atomic E-state index is 11.3. The molecule has 0 fully saturated rings. The maximum absolute atomic E-state index is 11.3. The summed E-state index contributed by atoms with van der Waals surface area (Å²) in [5.41, 5.74) is 0.231. The number of nitriles is 1. The fourth-order valence-corrected chi connectivity index (χ4v) is 1.58. The predicted octanol–water partition coefficient (Wildman–Crippen LogP) is 2.04. The smallest absolute Gasteiger partial charge is 0.268 e. The quantitative estimate of drug-likeness (QED) is 0.850. The van der Waals surface area contributed by atoms with E-state index in [2.05, 4.69) is 9.97 Å². The highest BCUT2D eigenvalue weighted by Gasteiger charge is 2.07. The van der Waals surface area contributed by atoms with E-state index in [1.165, 1.54) is 6.33 Å². The molecule has 17 heavy (non-hydrogen) atoms. The van der Waals surface area contributed by atoms with Crippen LogP contribution in [0.15, 0.2) is 35.4 Å². The Morgan fingerprint density at radius 2 is 2.29 bits per heavy atom. The highest BCUT2D eigenvalue weighted by atomic mass is 127. The van der Waals surface area contributed by atoms with E-state index in [9.17, 15) is 4.79 Å².